The van der Waals surface area contributed by atoms with E-state index in [4.69, 9.17) is 4.74 Å². The van der Waals surface area contributed by atoms with E-state index < -0.39 is 17.7 Å². The lowest BCUT2D eigenvalue weighted by atomic mass is 10.1. The summed E-state index contributed by atoms with van der Waals surface area (Å²) in [7, 11) is 0. The molecule has 1 fully saturated rings. The lowest BCUT2D eigenvalue weighted by Crippen LogP contribution is -2.44. The van der Waals surface area contributed by atoms with Crippen molar-refractivity contribution >= 4 is 17.8 Å². The van der Waals surface area contributed by atoms with Gasteiger partial charge in [0.05, 0.1) is 0 Å². The highest BCUT2D eigenvalue weighted by molar-refractivity contribution is 6.00. The molecule has 1 heterocycles. The average molecular weight is 227 g/mol. The molecule has 1 atom stereocenters. The highest BCUT2D eigenvalue weighted by atomic mass is 16.6. The van der Waals surface area contributed by atoms with Crippen molar-refractivity contribution in [2.75, 3.05) is 0 Å². The van der Waals surface area contributed by atoms with Crippen LogP contribution in [0.3, 0.4) is 0 Å². The summed E-state index contributed by atoms with van der Waals surface area (Å²) >= 11 is 0. The molecule has 1 unspecified atom stereocenters. The third-order valence-electron chi connectivity index (χ3n) is 2.27. The molecule has 0 radical (unpaired) electrons. The molecular weight excluding hydrogens is 210 g/mol. The van der Waals surface area contributed by atoms with Gasteiger partial charge in [-0.3, -0.25) is 9.59 Å². The van der Waals surface area contributed by atoms with Crippen molar-refractivity contribution in [3.05, 3.63) is 0 Å². The van der Waals surface area contributed by atoms with Crippen LogP contribution in [0.25, 0.3) is 0 Å². The number of rotatable bonds is 1. The molecule has 1 aliphatic heterocycles. The quantitative estimate of drug-likeness (QED) is 0.681. The first-order valence-corrected chi connectivity index (χ1v) is 5.28. The molecule has 0 aromatic rings. The van der Waals surface area contributed by atoms with Gasteiger partial charge < -0.3 is 4.74 Å². The number of Topliss-reactive ketones (excluding diaryl/α,β-unsaturated/α-hetero) is 1. The zero-order valence-electron chi connectivity index (χ0n) is 10.1. The van der Waals surface area contributed by atoms with E-state index in [0.29, 0.717) is 6.42 Å². The maximum absolute atomic E-state index is 11.7. The summed E-state index contributed by atoms with van der Waals surface area (Å²) < 4.78 is 5.09. The Labute approximate surface area is 94.7 Å². The molecule has 90 valence electrons. The number of imide groups is 1. The minimum absolute atomic E-state index is 0.184. The second kappa shape index (κ2) is 4.23. The number of ketones is 1. The van der Waals surface area contributed by atoms with E-state index in [1.165, 1.54) is 6.92 Å². The molecule has 0 bridgehead atoms. The monoisotopic (exact) mass is 227 g/mol. The number of hydrogen-bond donors (Lipinski definition) is 0. The third kappa shape index (κ3) is 2.81. The van der Waals surface area contributed by atoms with Crippen LogP contribution in [0.15, 0.2) is 0 Å². The number of nitrogens with zero attached hydrogens (tertiary/aromatic N) is 1. The van der Waals surface area contributed by atoms with Crippen molar-refractivity contribution in [3.63, 3.8) is 0 Å². The van der Waals surface area contributed by atoms with Crippen molar-refractivity contribution in [2.45, 2.75) is 52.2 Å². The molecule has 0 spiro atoms. The largest absolute Gasteiger partial charge is 0.443 e. The van der Waals surface area contributed by atoms with Gasteiger partial charge in [-0.05, 0) is 34.1 Å². The van der Waals surface area contributed by atoms with Crippen LogP contribution >= 0.6 is 0 Å². The van der Waals surface area contributed by atoms with Crippen LogP contribution in [-0.2, 0) is 14.3 Å². The summed E-state index contributed by atoms with van der Waals surface area (Å²) in [6, 6.07) is -0.651. The van der Waals surface area contributed by atoms with Crippen molar-refractivity contribution < 1.29 is 19.1 Å². The van der Waals surface area contributed by atoms with E-state index in [-0.39, 0.29) is 18.1 Å². The Morgan fingerprint density at radius 1 is 1.38 bits per heavy atom. The standard InChI is InChI=1S/C11H17NO4/c1-7(13)8-5-6-9(14)12(8)10(15)16-11(2,3)4/h8H,5-6H2,1-4H3. The lowest BCUT2D eigenvalue weighted by Gasteiger charge is -2.26. The van der Waals surface area contributed by atoms with E-state index in [0.717, 1.165) is 4.90 Å². The van der Waals surface area contributed by atoms with E-state index in [9.17, 15) is 14.4 Å². The van der Waals surface area contributed by atoms with Crippen LogP contribution in [-0.4, -0.2) is 34.3 Å². The first-order valence-electron chi connectivity index (χ1n) is 5.28. The molecule has 0 aliphatic carbocycles. The Kier molecular flexibility index (Phi) is 3.35. The van der Waals surface area contributed by atoms with Gasteiger partial charge in [-0.2, -0.15) is 0 Å². The van der Waals surface area contributed by atoms with Gasteiger partial charge in [0.1, 0.15) is 11.6 Å². The van der Waals surface area contributed by atoms with E-state index in [2.05, 4.69) is 0 Å². The van der Waals surface area contributed by atoms with Gasteiger partial charge in [0, 0.05) is 6.42 Å². The van der Waals surface area contributed by atoms with E-state index >= 15 is 0 Å². The summed E-state index contributed by atoms with van der Waals surface area (Å²) in [6.45, 7) is 6.53. The van der Waals surface area contributed by atoms with Crippen molar-refractivity contribution in [1.29, 1.82) is 0 Å². The van der Waals surface area contributed by atoms with Crippen LogP contribution < -0.4 is 0 Å². The molecule has 0 N–H and O–H groups in total. The van der Waals surface area contributed by atoms with Gasteiger partial charge >= 0.3 is 6.09 Å². The Balaban J connectivity index is 2.80. The molecule has 0 aromatic carbocycles. The molecule has 1 rings (SSSR count). The maximum Gasteiger partial charge on any atom is 0.417 e. The summed E-state index contributed by atoms with van der Waals surface area (Å²) in [6.07, 6.45) is -0.105. The Hall–Kier alpha value is -1.39. The zero-order chi connectivity index (χ0) is 12.5. The minimum atomic E-state index is -0.727. The average Bonchev–Trinajstić information content (AvgIpc) is 2.43. The van der Waals surface area contributed by atoms with Crippen molar-refractivity contribution in [2.24, 2.45) is 0 Å². The number of ether oxygens (including phenoxy) is 1. The molecule has 5 nitrogen and oxygen atoms in total. The van der Waals surface area contributed by atoms with Gasteiger partial charge in [0.15, 0.2) is 5.78 Å². The fraction of sp³-hybridized carbons (Fsp3) is 0.727. The second-order valence-corrected chi connectivity index (χ2v) is 4.91. The van der Waals surface area contributed by atoms with Crippen LogP contribution in [0.1, 0.15) is 40.5 Å². The minimum Gasteiger partial charge on any atom is -0.443 e. The number of carbonyl (C=O) groups excluding carboxylic acids is 3. The van der Waals surface area contributed by atoms with Gasteiger partial charge in [-0.15, -0.1) is 0 Å². The fourth-order valence-corrected chi connectivity index (χ4v) is 1.61. The summed E-state index contributed by atoms with van der Waals surface area (Å²) in [5.74, 6) is -0.522. The normalized spacial score (nSPS) is 21.1. The van der Waals surface area contributed by atoms with E-state index in [1.807, 2.05) is 0 Å². The third-order valence-corrected chi connectivity index (χ3v) is 2.27. The van der Waals surface area contributed by atoms with Crippen LogP contribution in [0.4, 0.5) is 4.79 Å². The van der Waals surface area contributed by atoms with Gasteiger partial charge in [0.25, 0.3) is 0 Å². The van der Waals surface area contributed by atoms with Crippen molar-refractivity contribution in [3.8, 4) is 0 Å². The first kappa shape index (κ1) is 12.7. The number of likely N-dealkylation sites (tertiary alicyclic amines) is 1. The molecule has 0 aromatic heterocycles. The highest BCUT2D eigenvalue weighted by Crippen LogP contribution is 2.22. The lowest BCUT2D eigenvalue weighted by molar-refractivity contribution is -0.132. The Morgan fingerprint density at radius 3 is 2.38 bits per heavy atom. The number of carbonyl (C=O) groups is 3. The van der Waals surface area contributed by atoms with Gasteiger partial charge in [-0.25, -0.2) is 9.69 Å². The molecule has 1 aliphatic rings. The second-order valence-electron chi connectivity index (χ2n) is 4.91. The van der Waals surface area contributed by atoms with Gasteiger partial charge in [-0.1, -0.05) is 0 Å². The maximum atomic E-state index is 11.7. The molecular formula is C11H17NO4. The Morgan fingerprint density at radius 2 is 1.94 bits per heavy atom. The SMILES string of the molecule is CC(=O)C1CCC(=O)N1C(=O)OC(C)(C)C. The van der Waals surface area contributed by atoms with Crippen LogP contribution in [0.2, 0.25) is 0 Å². The summed E-state index contributed by atoms with van der Waals surface area (Å²) in [5.41, 5.74) is -0.665. The molecule has 5 heteroatoms. The topological polar surface area (TPSA) is 63.7 Å². The molecule has 0 saturated carbocycles. The zero-order valence-corrected chi connectivity index (χ0v) is 10.1. The van der Waals surface area contributed by atoms with Crippen LogP contribution in [0, 0.1) is 0 Å². The first-order chi connectivity index (χ1) is 7.22. The smallest absolute Gasteiger partial charge is 0.417 e. The van der Waals surface area contributed by atoms with E-state index in [1.54, 1.807) is 20.8 Å². The number of amides is 2. The van der Waals surface area contributed by atoms with Crippen LogP contribution in [0.5, 0.6) is 0 Å². The summed E-state index contributed by atoms with van der Waals surface area (Å²) in [5, 5.41) is 0. The molecule has 16 heavy (non-hydrogen) atoms. The predicted molar refractivity (Wildman–Crippen MR) is 56.8 cm³/mol. The predicted octanol–water partition coefficient (Wildman–Crippen LogP) is 1.50. The Bertz CT molecular complexity index is 329. The van der Waals surface area contributed by atoms with Gasteiger partial charge in [0.2, 0.25) is 5.91 Å². The fourth-order valence-electron chi connectivity index (χ4n) is 1.61. The summed E-state index contributed by atoms with van der Waals surface area (Å²) in [4.78, 5) is 35.4. The van der Waals surface area contributed by atoms with Crippen molar-refractivity contribution in [1.82, 2.24) is 4.90 Å². The molecule has 2 amide bonds. The highest BCUT2D eigenvalue weighted by Gasteiger charge is 2.40. The molecule has 1 saturated heterocycles. The number of hydrogen-bond acceptors (Lipinski definition) is 4.